The van der Waals surface area contributed by atoms with Crippen molar-refractivity contribution in [1.82, 2.24) is 14.8 Å². The average molecular weight is 294 g/mol. The molecule has 1 aromatic rings. The number of carbonyl (C=O) groups is 1. The van der Waals surface area contributed by atoms with Crippen LogP contribution < -0.4 is 5.32 Å². The summed E-state index contributed by atoms with van der Waals surface area (Å²) < 4.78 is 1.70. The number of hydrogen-bond acceptors (Lipinski definition) is 4. The van der Waals surface area contributed by atoms with Crippen molar-refractivity contribution in [3.8, 4) is 0 Å². The van der Waals surface area contributed by atoms with Crippen molar-refractivity contribution in [3.63, 3.8) is 0 Å². The van der Waals surface area contributed by atoms with Gasteiger partial charge in [-0.25, -0.2) is 0 Å². The summed E-state index contributed by atoms with van der Waals surface area (Å²) in [5, 5.41) is 14.1. The fourth-order valence-electron chi connectivity index (χ4n) is 2.76. The van der Waals surface area contributed by atoms with Crippen molar-refractivity contribution in [2.75, 3.05) is 20.1 Å². The zero-order chi connectivity index (χ0) is 15.4. The predicted molar refractivity (Wildman–Crippen MR) is 79.4 cm³/mol. The van der Waals surface area contributed by atoms with Crippen LogP contribution in [0.4, 0.5) is 5.69 Å². The molecule has 2 heterocycles. The number of nitrogens with zero attached hydrogens (tertiary/aromatic N) is 3. The van der Waals surface area contributed by atoms with Crippen LogP contribution in [-0.2, 0) is 6.54 Å². The number of nitrogens with one attached hydrogen (secondary N) is 1. The standard InChI is InChI=1S/C14H22N4O3/c1-3-6-16-10-12(18(20)21)8-13(16)14(19)17-7-4-5-11(9-17)15-2/h8,10-11,15H,3-7,9H2,1-2H3. The van der Waals surface area contributed by atoms with E-state index in [1.54, 1.807) is 9.47 Å². The lowest BCUT2D eigenvalue weighted by molar-refractivity contribution is -0.384. The zero-order valence-corrected chi connectivity index (χ0v) is 12.5. The van der Waals surface area contributed by atoms with Crippen LogP contribution in [0.25, 0.3) is 0 Å². The smallest absolute Gasteiger partial charge is 0.287 e. The lowest BCUT2D eigenvalue weighted by Gasteiger charge is -2.32. The molecule has 1 N–H and O–H groups in total. The number of carbonyl (C=O) groups excluding carboxylic acids is 1. The summed E-state index contributed by atoms with van der Waals surface area (Å²) in [6.45, 7) is 3.96. The summed E-state index contributed by atoms with van der Waals surface area (Å²) >= 11 is 0. The Morgan fingerprint density at radius 1 is 1.57 bits per heavy atom. The van der Waals surface area contributed by atoms with Crippen molar-refractivity contribution < 1.29 is 9.72 Å². The SMILES string of the molecule is CCCn1cc([N+](=O)[O-])cc1C(=O)N1CCCC(NC)C1. The van der Waals surface area contributed by atoms with E-state index < -0.39 is 4.92 Å². The molecule has 0 spiro atoms. The number of likely N-dealkylation sites (tertiary alicyclic amines) is 1. The normalized spacial score (nSPS) is 18.8. The van der Waals surface area contributed by atoms with Gasteiger partial charge in [0.15, 0.2) is 0 Å². The number of piperidine rings is 1. The lowest BCUT2D eigenvalue weighted by atomic mass is 10.1. The Balaban J connectivity index is 2.22. The molecule has 116 valence electrons. The Morgan fingerprint density at radius 2 is 2.33 bits per heavy atom. The molecule has 0 aliphatic carbocycles. The molecule has 1 amide bonds. The number of amides is 1. The van der Waals surface area contributed by atoms with Crippen LogP contribution in [-0.4, -0.2) is 46.5 Å². The Morgan fingerprint density at radius 3 is 2.95 bits per heavy atom. The topological polar surface area (TPSA) is 80.4 Å². The van der Waals surface area contributed by atoms with E-state index in [-0.39, 0.29) is 11.6 Å². The van der Waals surface area contributed by atoms with Gasteiger partial charge in [-0.05, 0) is 26.3 Å². The molecule has 0 radical (unpaired) electrons. The van der Waals surface area contributed by atoms with Gasteiger partial charge in [0.1, 0.15) is 5.69 Å². The second kappa shape index (κ2) is 6.71. The van der Waals surface area contributed by atoms with E-state index >= 15 is 0 Å². The second-order valence-corrected chi connectivity index (χ2v) is 5.41. The van der Waals surface area contributed by atoms with Crippen LogP contribution in [0.5, 0.6) is 0 Å². The van der Waals surface area contributed by atoms with Crippen LogP contribution >= 0.6 is 0 Å². The fourth-order valence-corrected chi connectivity index (χ4v) is 2.76. The van der Waals surface area contributed by atoms with Crippen molar-refractivity contribution in [3.05, 3.63) is 28.1 Å². The van der Waals surface area contributed by atoms with Crippen LogP contribution in [0.2, 0.25) is 0 Å². The maximum Gasteiger partial charge on any atom is 0.287 e. The van der Waals surface area contributed by atoms with Crippen molar-refractivity contribution in [2.24, 2.45) is 0 Å². The highest BCUT2D eigenvalue weighted by Gasteiger charge is 2.27. The van der Waals surface area contributed by atoms with E-state index in [9.17, 15) is 14.9 Å². The molecule has 7 nitrogen and oxygen atoms in total. The van der Waals surface area contributed by atoms with Crippen LogP contribution in [0.1, 0.15) is 36.7 Å². The molecule has 21 heavy (non-hydrogen) atoms. The molecule has 7 heteroatoms. The molecule has 1 aliphatic rings. The highest BCUT2D eigenvalue weighted by molar-refractivity contribution is 5.93. The maximum absolute atomic E-state index is 12.6. The van der Waals surface area contributed by atoms with Gasteiger partial charge in [0.25, 0.3) is 11.6 Å². The van der Waals surface area contributed by atoms with Gasteiger partial charge in [-0.15, -0.1) is 0 Å². The zero-order valence-electron chi connectivity index (χ0n) is 12.5. The van der Waals surface area contributed by atoms with Crippen LogP contribution in [0.15, 0.2) is 12.3 Å². The summed E-state index contributed by atoms with van der Waals surface area (Å²) in [5.74, 6) is -0.114. The van der Waals surface area contributed by atoms with Crippen molar-refractivity contribution in [2.45, 2.75) is 38.8 Å². The van der Waals surface area contributed by atoms with Crippen LogP contribution in [0, 0.1) is 10.1 Å². The lowest BCUT2D eigenvalue weighted by Crippen LogP contribution is -2.47. The van der Waals surface area contributed by atoms with Gasteiger partial charge in [0, 0.05) is 31.7 Å². The fraction of sp³-hybridized carbons (Fsp3) is 0.643. The average Bonchev–Trinajstić information content (AvgIpc) is 2.91. The first-order valence-electron chi connectivity index (χ1n) is 7.38. The molecule has 1 atom stereocenters. The Labute approximate surface area is 124 Å². The molecule has 2 rings (SSSR count). The first kappa shape index (κ1) is 15.5. The molecular formula is C14H22N4O3. The summed E-state index contributed by atoms with van der Waals surface area (Å²) in [6, 6.07) is 1.69. The molecule has 1 unspecified atom stereocenters. The number of nitro groups is 1. The van der Waals surface area contributed by atoms with Gasteiger partial charge in [0.2, 0.25) is 0 Å². The third-order valence-corrected chi connectivity index (χ3v) is 3.89. The minimum Gasteiger partial charge on any atom is -0.337 e. The first-order valence-corrected chi connectivity index (χ1v) is 7.38. The van der Waals surface area contributed by atoms with Gasteiger partial charge in [0.05, 0.1) is 11.1 Å². The van der Waals surface area contributed by atoms with Gasteiger partial charge in [-0.3, -0.25) is 14.9 Å². The molecule has 1 saturated heterocycles. The monoisotopic (exact) mass is 294 g/mol. The molecule has 1 aromatic heterocycles. The molecule has 1 fully saturated rings. The maximum atomic E-state index is 12.6. The second-order valence-electron chi connectivity index (χ2n) is 5.41. The number of likely N-dealkylation sites (N-methyl/N-ethyl adjacent to an activating group) is 1. The number of rotatable bonds is 5. The van der Waals surface area contributed by atoms with Gasteiger partial charge < -0.3 is 14.8 Å². The van der Waals surface area contributed by atoms with E-state index in [4.69, 9.17) is 0 Å². The quantitative estimate of drug-likeness (QED) is 0.661. The van der Waals surface area contributed by atoms with E-state index in [1.807, 2.05) is 14.0 Å². The van der Waals surface area contributed by atoms with E-state index in [0.29, 0.717) is 31.4 Å². The van der Waals surface area contributed by atoms with E-state index in [2.05, 4.69) is 5.32 Å². The summed E-state index contributed by atoms with van der Waals surface area (Å²) in [6.07, 6.45) is 4.28. The number of aromatic nitrogens is 1. The molecule has 1 aliphatic heterocycles. The molecular weight excluding hydrogens is 272 g/mol. The molecule has 0 bridgehead atoms. The Kier molecular flexibility index (Phi) is 4.95. The highest BCUT2D eigenvalue weighted by atomic mass is 16.6. The molecule has 0 saturated carbocycles. The van der Waals surface area contributed by atoms with Crippen molar-refractivity contribution >= 4 is 11.6 Å². The summed E-state index contributed by atoms with van der Waals surface area (Å²) in [4.78, 5) is 24.9. The number of aryl methyl sites for hydroxylation is 1. The van der Waals surface area contributed by atoms with Crippen LogP contribution in [0.3, 0.4) is 0 Å². The molecule has 0 aromatic carbocycles. The summed E-state index contributed by atoms with van der Waals surface area (Å²) in [5.41, 5.74) is 0.397. The Bertz CT molecular complexity index is 526. The van der Waals surface area contributed by atoms with Gasteiger partial charge >= 0.3 is 0 Å². The third-order valence-electron chi connectivity index (χ3n) is 3.89. The summed E-state index contributed by atoms with van der Waals surface area (Å²) in [7, 11) is 1.89. The number of hydrogen-bond donors (Lipinski definition) is 1. The first-order chi connectivity index (χ1) is 10.1. The predicted octanol–water partition coefficient (Wildman–Crippen LogP) is 1.63. The third kappa shape index (κ3) is 3.41. The largest absolute Gasteiger partial charge is 0.337 e. The minimum atomic E-state index is -0.449. The van der Waals surface area contributed by atoms with Crippen molar-refractivity contribution in [1.29, 1.82) is 0 Å². The van der Waals surface area contributed by atoms with Gasteiger partial charge in [-0.1, -0.05) is 6.92 Å². The highest BCUT2D eigenvalue weighted by Crippen LogP contribution is 2.20. The minimum absolute atomic E-state index is 0.0195. The van der Waals surface area contributed by atoms with E-state index in [0.717, 1.165) is 19.3 Å². The van der Waals surface area contributed by atoms with Gasteiger partial charge in [-0.2, -0.15) is 0 Å². The van der Waals surface area contributed by atoms with E-state index in [1.165, 1.54) is 12.3 Å². The Hall–Kier alpha value is -1.89.